The van der Waals surface area contributed by atoms with Crippen molar-refractivity contribution in [3.63, 3.8) is 0 Å². The van der Waals surface area contributed by atoms with E-state index in [0.717, 1.165) is 29.1 Å². The Morgan fingerprint density at radius 1 is 1.25 bits per heavy atom. The number of ether oxygens (including phenoxy) is 1. The van der Waals surface area contributed by atoms with Crippen molar-refractivity contribution in [2.45, 2.75) is 72.4 Å². The van der Waals surface area contributed by atoms with E-state index in [1.807, 2.05) is 13.1 Å². The summed E-state index contributed by atoms with van der Waals surface area (Å²) >= 11 is 0. The number of hydrogen-bond donors (Lipinski definition) is 1. The van der Waals surface area contributed by atoms with Crippen LogP contribution in [0.15, 0.2) is 6.20 Å². The minimum Gasteiger partial charge on any atom is -0.496 e. The lowest BCUT2D eigenvalue weighted by molar-refractivity contribution is 0.405. The monoisotopic (exact) mass is 278 g/mol. The number of aryl methyl sites for hydroxylation is 1. The second kappa shape index (κ2) is 8.96. The molecule has 0 saturated carbocycles. The molecule has 114 valence electrons. The summed E-state index contributed by atoms with van der Waals surface area (Å²) in [6, 6.07) is 0.542. The normalized spacial score (nSPS) is 12.4. The molecule has 0 fully saturated rings. The number of pyridine rings is 1. The summed E-state index contributed by atoms with van der Waals surface area (Å²) in [5.74, 6) is 0.965. The predicted molar refractivity (Wildman–Crippen MR) is 85.3 cm³/mol. The third-order valence-corrected chi connectivity index (χ3v) is 3.86. The van der Waals surface area contributed by atoms with Crippen LogP contribution < -0.4 is 10.1 Å². The van der Waals surface area contributed by atoms with Crippen LogP contribution in [0, 0.1) is 13.8 Å². The largest absolute Gasteiger partial charge is 0.496 e. The number of nitrogens with zero attached hydrogens (tertiary/aromatic N) is 1. The molecule has 0 aliphatic rings. The van der Waals surface area contributed by atoms with Gasteiger partial charge in [-0.2, -0.15) is 0 Å². The van der Waals surface area contributed by atoms with E-state index in [-0.39, 0.29) is 0 Å². The maximum Gasteiger partial charge on any atom is 0.128 e. The Morgan fingerprint density at radius 3 is 2.65 bits per heavy atom. The summed E-state index contributed by atoms with van der Waals surface area (Å²) < 4.78 is 5.45. The van der Waals surface area contributed by atoms with Gasteiger partial charge >= 0.3 is 0 Å². The predicted octanol–water partition coefficient (Wildman–Crippen LogP) is 4.16. The molecular weight excluding hydrogens is 248 g/mol. The fourth-order valence-corrected chi connectivity index (χ4v) is 2.50. The lowest BCUT2D eigenvalue weighted by Crippen LogP contribution is -2.26. The van der Waals surface area contributed by atoms with Gasteiger partial charge < -0.3 is 10.1 Å². The minimum absolute atomic E-state index is 0.542. The molecule has 1 N–H and O–H groups in total. The molecule has 0 amide bonds. The van der Waals surface area contributed by atoms with E-state index in [1.54, 1.807) is 7.11 Å². The summed E-state index contributed by atoms with van der Waals surface area (Å²) in [6.07, 6.45) is 8.44. The number of aromatic nitrogens is 1. The van der Waals surface area contributed by atoms with Gasteiger partial charge in [0, 0.05) is 29.9 Å². The molecule has 0 aromatic carbocycles. The Labute approximate surface area is 124 Å². The first-order valence-corrected chi connectivity index (χ1v) is 7.82. The zero-order chi connectivity index (χ0) is 15.0. The van der Waals surface area contributed by atoms with E-state index in [1.165, 1.54) is 32.1 Å². The zero-order valence-corrected chi connectivity index (χ0v) is 13.8. The van der Waals surface area contributed by atoms with Crippen LogP contribution in [-0.2, 0) is 6.54 Å². The molecular formula is C17H30N2O. The molecule has 1 heterocycles. The minimum atomic E-state index is 0.542. The molecule has 0 spiro atoms. The van der Waals surface area contributed by atoms with Gasteiger partial charge in [-0.1, -0.05) is 32.6 Å². The Morgan fingerprint density at radius 2 is 2.00 bits per heavy atom. The van der Waals surface area contributed by atoms with Crippen LogP contribution >= 0.6 is 0 Å². The van der Waals surface area contributed by atoms with Crippen LogP contribution in [0.1, 0.15) is 62.8 Å². The average molecular weight is 278 g/mol. The van der Waals surface area contributed by atoms with Crippen molar-refractivity contribution in [3.05, 3.63) is 23.0 Å². The lowest BCUT2D eigenvalue weighted by atomic mass is 10.1. The van der Waals surface area contributed by atoms with Gasteiger partial charge in [0.1, 0.15) is 5.75 Å². The van der Waals surface area contributed by atoms with Crippen molar-refractivity contribution in [2.75, 3.05) is 7.11 Å². The first-order chi connectivity index (χ1) is 9.60. The van der Waals surface area contributed by atoms with Crippen LogP contribution in [0.5, 0.6) is 5.75 Å². The van der Waals surface area contributed by atoms with Gasteiger partial charge in [-0.05, 0) is 27.2 Å². The summed E-state index contributed by atoms with van der Waals surface area (Å²) in [4.78, 5) is 4.53. The topological polar surface area (TPSA) is 34.2 Å². The van der Waals surface area contributed by atoms with E-state index in [4.69, 9.17) is 4.74 Å². The molecule has 1 aromatic heterocycles. The van der Waals surface area contributed by atoms with Crippen LogP contribution in [0.2, 0.25) is 0 Å². The van der Waals surface area contributed by atoms with E-state index in [2.05, 4.69) is 31.1 Å². The van der Waals surface area contributed by atoms with E-state index >= 15 is 0 Å². The number of unbranched alkanes of at least 4 members (excludes halogenated alkanes) is 3. The van der Waals surface area contributed by atoms with Crippen molar-refractivity contribution < 1.29 is 4.74 Å². The van der Waals surface area contributed by atoms with Crippen molar-refractivity contribution in [2.24, 2.45) is 0 Å². The molecule has 3 nitrogen and oxygen atoms in total. The first kappa shape index (κ1) is 17.0. The quantitative estimate of drug-likeness (QED) is 0.689. The highest BCUT2D eigenvalue weighted by Gasteiger charge is 2.10. The third kappa shape index (κ3) is 5.12. The van der Waals surface area contributed by atoms with Gasteiger partial charge in [-0.3, -0.25) is 4.98 Å². The molecule has 0 bridgehead atoms. The smallest absolute Gasteiger partial charge is 0.128 e. The number of methoxy groups -OCH3 is 1. The molecule has 3 heteroatoms. The highest BCUT2D eigenvalue weighted by atomic mass is 16.5. The lowest BCUT2D eigenvalue weighted by Gasteiger charge is -2.16. The Bertz CT molecular complexity index is 404. The van der Waals surface area contributed by atoms with Crippen LogP contribution in [0.3, 0.4) is 0 Å². The first-order valence-electron chi connectivity index (χ1n) is 7.82. The van der Waals surface area contributed by atoms with Crippen molar-refractivity contribution in [3.8, 4) is 5.75 Å². The Hall–Kier alpha value is -1.09. The van der Waals surface area contributed by atoms with Crippen molar-refractivity contribution in [1.82, 2.24) is 10.3 Å². The second-order valence-corrected chi connectivity index (χ2v) is 5.68. The van der Waals surface area contributed by atoms with Gasteiger partial charge in [-0.25, -0.2) is 0 Å². The summed E-state index contributed by atoms with van der Waals surface area (Å²) in [6.45, 7) is 9.44. The molecule has 0 aliphatic heterocycles. The summed E-state index contributed by atoms with van der Waals surface area (Å²) in [5.41, 5.74) is 3.34. The summed E-state index contributed by atoms with van der Waals surface area (Å²) in [7, 11) is 1.73. The van der Waals surface area contributed by atoms with E-state index < -0.39 is 0 Å². The van der Waals surface area contributed by atoms with E-state index in [9.17, 15) is 0 Å². The standard InChI is InChI=1S/C17H30N2O/c1-6-7-8-9-10-14(3)18-12-16-15(4)17(20-5)13(2)11-19-16/h11,14,18H,6-10,12H2,1-5H3. The number of hydrogen-bond acceptors (Lipinski definition) is 3. The zero-order valence-electron chi connectivity index (χ0n) is 13.8. The highest BCUT2D eigenvalue weighted by molar-refractivity contribution is 5.40. The molecule has 20 heavy (non-hydrogen) atoms. The van der Waals surface area contributed by atoms with Gasteiger partial charge in [-0.15, -0.1) is 0 Å². The molecule has 1 atom stereocenters. The Kier molecular flexibility index (Phi) is 7.60. The maximum atomic E-state index is 5.45. The fraction of sp³-hybridized carbons (Fsp3) is 0.706. The van der Waals surface area contributed by atoms with Crippen molar-refractivity contribution >= 4 is 0 Å². The average Bonchev–Trinajstić information content (AvgIpc) is 2.43. The van der Waals surface area contributed by atoms with Crippen LogP contribution in [0.4, 0.5) is 0 Å². The summed E-state index contributed by atoms with van der Waals surface area (Å²) in [5, 5.41) is 3.57. The highest BCUT2D eigenvalue weighted by Crippen LogP contribution is 2.23. The third-order valence-electron chi connectivity index (χ3n) is 3.86. The van der Waals surface area contributed by atoms with Crippen molar-refractivity contribution in [1.29, 1.82) is 0 Å². The number of nitrogens with one attached hydrogen (secondary N) is 1. The van der Waals surface area contributed by atoms with E-state index in [0.29, 0.717) is 6.04 Å². The van der Waals surface area contributed by atoms with Gasteiger partial charge in [0.15, 0.2) is 0 Å². The molecule has 1 unspecified atom stereocenters. The number of rotatable bonds is 9. The van der Waals surface area contributed by atoms with Gasteiger partial charge in [0.25, 0.3) is 0 Å². The SMILES string of the molecule is CCCCCCC(C)NCc1ncc(C)c(OC)c1C. The molecule has 1 rings (SSSR count). The van der Waals surface area contributed by atoms with Crippen LogP contribution in [-0.4, -0.2) is 18.1 Å². The van der Waals surface area contributed by atoms with Crippen LogP contribution in [0.25, 0.3) is 0 Å². The fourth-order valence-electron chi connectivity index (χ4n) is 2.50. The maximum absolute atomic E-state index is 5.45. The molecule has 1 aromatic rings. The molecule has 0 aliphatic carbocycles. The molecule has 0 saturated heterocycles. The Balaban J connectivity index is 2.45. The second-order valence-electron chi connectivity index (χ2n) is 5.68. The molecule has 0 radical (unpaired) electrons. The van der Waals surface area contributed by atoms with Gasteiger partial charge in [0.2, 0.25) is 0 Å². The van der Waals surface area contributed by atoms with Gasteiger partial charge in [0.05, 0.1) is 12.8 Å².